The Morgan fingerprint density at radius 3 is 1.69 bits per heavy atom. The minimum Gasteiger partial charge on any atom is -0.434 e. The maximum absolute atomic E-state index is 13.1. The molecule has 0 amide bonds. The van der Waals surface area contributed by atoms with Crippen molar-refractivity contribution in [2.24, 2.45) is 0 Å². The average molecular weight is 511 g/mol. The van der Waals surface area contributed by atoms with Crippen molar-refractivity contribution in [2.45, 2.75) is 6.61 Å². The van der Waals surface area contributed by atoms with Gasteiger partial charge >= 0.3 is 19.5 Å². The SMILES string of the molecule is O=C(OCOP(=O)(/C=C/CNOCc1ccccc1)OCOC(=O)c1ccccc1)c1ccccc1. The van der Waals surface area contributed by atoms with Crippen molar-refractivity contribution in [1.82, 2.24) is 5.48 Å². The summed E-state index contributed by atoms with van der Waals surface area (Å²) < 4.78 is 33.6. The molecule has 3 rings (SSSR count). The van der Waals surface area contributed by atoms with Crippen molar-refractivity contribution < 1.29 is 37.5 Å². The molecule has 3 aromatic rings. The highest BCUT2D eigenvalue weighted by molar-refractivity contribution is 7.57. The summed E-state index contributed by atoms with van der Waals surface area (Å²) in [5.41, 5.74) is 4.31. The van der Waals surface area contributed by atoms with Crippen molar-refractivity contribution in [3.63, 3.8) is 0 Å². The summed E-state index contributed by atoms with van der Waals surface area (Å²) in [6, 6.07) is 26.1. The number of ether oxygens (including phenoxy) is 2. The van der Waals surface area contributed by atoms with Crippen LogP contribution in [0.15, 0.2) is 103 Å². The molecular formula is C26H26NO8P. The van der Waals surface area contributed by atoms with E-state index in [1.807, 2.05) is 30.3 Å². The standard InChI is InChI=1S/C26H26NO8P/c28-25(23-13-6-2-7-14-23)31-20-34-36(30,35-21-32-26(29)24-15-8-3-9-16-24)18-10-17-27-33-19-22-11-4-1-5-12-22/h1-16,18,27H,17,19-21H2/b18-10+. The molecule has 0 fully saturated rings. The Morgan fingerprint density at radius 1 is 0.722 bits per heavy atom. The van der Waals surface area contributed by atoms with Crippen LogP contribution in [0.1, 0.15) is 26.3 Å². The van der Waals surface area contributed by atoms with Gasteiger partial charge in [-0.25, -0.2) is 9.59 Å². The smallest absolute Gasteiger partial charge is 0.359 e. The third-order valence-electron chi connectivity index (χ3n) is 4.54. The number of rotatable bonds is 14. The first-order chi connectivity index (χ1) is 17.6. The van der Waals surface area contributed by atoms with Gasteiger partial charge in [0.2, 0.25) is 13.6 Å². The Labute approximate surface area is 209 Å². The summed E-state index contributed by atoms with van der Waals surface area (Å²) in [7, 11) is -3.95. The molecule has 188 valence electrons. The second-order valence-corrected chi connectivity index (χ2v) is 9.03. The molecule has 0 aromatic heterocycles. The predicted molar refractivity (Wildman–Crippen MR) is 132 cm³/mol. The molecule has 0 aliphatic rings. The van der Waals surface area contributed by atoms with Gasteiger partial charge in [0.25, 0.3) is 0 Å². The number of hydrogen-bond acceptors (Lipinski definition) is 9. The average Bonchev–Trinajstić information content (AvgIpc) is 2.92. The molecule has 0 saturated heterocycles. The van der Waals surface area contributed by atoms with Gasteiger partial charge < -0.3 is 9.47 Å². The van der Waals surface area contributed by atoms with Gasteiger partial charge in [0.15, 0.2) is 0 Å². The summed E-state index contributed by atoms with van der Waals surface area (Å²) in [5.74, 6) is -0.145. The van der Waals surface area contributed by atoms with E-state index >= 15 is 0 Å². The lowest BCUT2D eigenvalue weighted by molar-refractivity contribution is -0.00581. The van der Waals surface area contributed by atoms with Gasteiger partial charge in [0, 0.05) is 12.4 Å². The lowest BCUT2D eigenvalue weighted by Gasteiger charge is -2.15. The lowest BCUT2D eigenvalue weighted by atomic mass is 10.2. The predicted octanol–water partition coefficient (Wildman–Crippen LogP) is 5.08. The molecule has 0 aliphatic heterocycles. The van der Waals surface area contributed by atoms with Gasteiger partial charge in [-0.3, -0.25) is 18.5 Å². The van der Waals surface area contributed by atoms with Crippen LogP contribution in [0.2, 0.25) is 0 Å². The molecular weight excluding hydrogens is 485 g/mol. The zero-order valence-electron chi connectivity index (χ0n) is 19.4. The Morgan fingerprint density at radius 2 is 1.19 bits per heavy atom. The van der Waals surface area contributed by atoms with Crippen LogP contribution < -0.4 is 5.48 Å². The van der Waals surface area contributed by atoms with E-state index < -0.39 is 33.1 Å². The molecule has 0 atom stereocenters. The number of nitrogens with one attached hydrogen (secondary N) is 1. The van der Waals surface area contributed by atoms with Crippen molar-refractivity contribution >= 4 is 19.5 Å². The molecule has 3 aromatic carbocycles. The third kappa shape index (κ3) is 9.58. The molecule has 10 heteroatoms. The number of hydrogen-bond donors (Lipinski definition) is 1. The summed E-state index contributed by atoms with van der Waals surface area (Å²) in [5, 5.41) is 0. The monoisotopic (exact) mass is 511 g/mol. The van der Waals surface area contributed by atoms with Crippen LogP contribution in [-0.2, 0) is 34.5 Å². The Hall–Kier alpha value is -3.59. The largest absolute Gasteiger partial charge is 0.434 e. The molecule has 0 unspecified atom stereocenters. The number of benzene rings is 3. The maximum atomic E-state index is 13.1. The van der Waals surface area contributed by atoms with E-state index in [0.29, 0.717) is 17.7 Å². The van der Waals surface area contributed by atoms with Gasteiger partial charge in [0.05, 0.1) is 17.7 Å². The van der Waals surface area contributed by atoms with Gasteiger partial charge in [-0.2, -0.15) is 5.48 Å². The summed E-state index contributed by atoms with van der Waals surface area (Å²) in [6.07, 6.45) is 1.46. The quantitative estimate of drug-likeness (QED) is 0.104. The van der Waals surface area contributed by atoms with E-state index in [9.17, 15) is 14.2 Å². The minimum absolute atomic E-state index is 0.178. The molecule has 0 aliphatic carbocycles. The zero-order chi connectivity index (χ0) is 25.5. The molecule has 9 nitrogen and oxygen atoms in total. The number of esters is 2. The van der Waals surface area contributed by atoms with E-state index in [2.05, 4.69) is 5.48 Å². The molecule has 0 saturated carbocycles. The van der Waals surface area contributed by atoms with E-state index in [4.69, 9.17) is 23.4 Å². The second-order valence-electron chi connectivity index (χ2n) is 7.14. The van der Waals surface area contributed by atoms with Gasteiger partial charge in [-0.15, -0.1) is 0 Å². The highest BCUT2D eigenvalue weighted by atomic mass is 31.2. The fourth-order valence-electron chi connectivity index (χ4n) is 2.74. The second kappa shape index (κ2) is 14.7. The van der Waals surface area contributed by atoms with Crippen LogP contribution >= 0.6 is 7.60 Å². The van der Waals surface area contributed by atoms with Crippen molar-refractivity contribution in [2.75, 3.05) is 20.1 Å². The van der Waals surface area contributed by atoms with Crippen LogP contribution in [0.4, 0.5) is 0 Å². The molecule has 0 spiro atoms. The first kappa shape index (κ1) is 27.0. The van der Waals surface area contributed by atoms with Crippen LogP contribution in [0, 0.1) is 0 Å². The van der Waals surface area contributed by atoms with Crippen LogP contribution in [0.3, 0.4) is 0 Å². The summed E-state index contributed by atoms with van der Waals surface area (Å²) in [4.78, 5) is 29.5. The van der Waals surface area contributed by atoms with Gasteiger partial charge in [-0.1, -0.05) is 72.8 Å². The number of hydroxylamine groups is 1. The third-order valence-corrected chi connectivity index (χ3v) is 6.04. The lowest BCUT2D eigenvalue weighted by Crippen LogP contribution is -2.14. The number of carbonyl (C=O) groups is 2. The molecule has 1 N–H and O–H groups in total. The fraction of sp³-hybridized carbons (Fsp3) is 0.154. The Bertz CT molecular complexity index is 1090. The van der Waals surface area contributed by atoms with E-state index in [0.717, 1.165) is 5.56 Å². The fourth-order valence-corrected chi connectivity index (χ4v) is 3.75. The highest BCUT2D eigenvalue weighted by Crippen LogP contribution is 2.49. The number of carbonyl (C=O) groups excluding carboxylic acids is 2. The van der Waals surface area contributed by atoms with Crippen molar-refractivity contribution in [3.05, 3.63) is 120 Å². The molecule has 0 bridgehead atoms. The van der Waals surface area contributed by atoms with Crippen molar-refractivity contribution in [1.29, 1.82) is 0 Å². The first-order valence-corrected chi connectivity index (χ1v) is 12.6. The van der Waals surface area contributed by atoms with E-state index in [1.54, 1.807) is 60.7 Å². The van der Waals surface area contributed by atoms with Crippen molar-refractivity contribution in [3.8, 4) is 0 Å². The topological polar surface area (TPSA) is 109 Å². The van der Waals surface area contributed by atoms with E-state index in [-0.39, 0.29) is 6.54 Å². The van der Waals surface area contributed by atoms with Crippen LogP contribution in [0.25, 0.3) is 0 Å². The van der Waals surface area contributed by atoms with Crippen LogP contribution in [0.5, 0.6) is 0 Å². The Kier molecular flexibility index (Phi) is 11.0. The highest BCUT2D eigenvalue weighted by Gasteiger charge is 2.23. The van der Waals surface area contributed by atoms with Gasteiger partial charge in [0.1, 0.15) is 0 Å². The first-order valence-electron chi connectivity index (χ1n) is 11.0. The normalized spacial score (nSPS) is 11.3. The molecule has 0 radical (unpaired) electrons. The Balaban J connectivity index is 1.50. The maximum Gasteiger partial charge on any atom is 0.359 e. The van der Waals surface area contributed by atoms with Gasteiger partial charge in [-0.05, 0) is 29.8 Å². The van der Waals surface area contributed by atoms with Crippen LogP contribution in [-0.4, -0.2) is 32.1 Å². The summed E-state index contributed by atoms with van der Waals surface area (Å²) >= 11 is 0. The molecule has 0 heterocycles. The summed E-state index contributed by atoms with van der Waals surface area (Å²) in [6.45, 7) is -0.763. The zero-order valence-corrected chi connectivity index (χ0v) is 20.3. The van der Waals surface area contributed by atoms with E-state index in [1.165, 1.54) is 11.9 Å². The molecule has 36 heavy (non-hydrogen) atoms. The minimum atomic E-state index is -3.95.